The summed E-state index contributed by atoms with van der Waals surface area (Å²) in [4.78, 5) is 27.0. The van der Waals surface area contributed by atoms with Crippen molar-refractivity contribution < 1.29 is 23.0 Å². The van der Waals surface area contributed by atoms with Crippen LogP contribution in [0.15, 0.2) is 29.1 Å². The molecule has 0 amide bonds. The molecule has 2 aliphatic rings. The van der Waals surface area contributed by atoms with Gasteiger partial charge in [-0.3, -0.25) is 9.47 Å². The van der Waals surface area contributed by atoms with Gasteiger partial charge in [0.05, 0.1) is 18.2 Å². The van der Waals surface area contributed by atoms with Crippen molar-refractivity contribution in [3.63, 3.8) is 0 Å². The highest BCUT2D eigenvalue weighted by molar-refractivity contribution is 5.84. The molecule has 9 nitrogen and oxygen atoms in total. The molecule has 0 saturated carbocycles. The molecule has 0 radical (unpaired) electrons. The molecule has 0 spiro atoms. The average Bonchev–Trinajstić information content (AvgIpc) is 3.49. The van der Waals surface area contributed by atoms with Crippen molar-refractivity contribution in [1.29, 1.82) is 0 Å². The zero-order valence-electron chi connectivity index (χ0n) is 24.2. The van der Waals surface area contributed by atoms with Crippen molar-refractivity contribution in [2.45, 2.75) is 90.0 Å². The Morgan fingerprint density at radius 2 is 1.85 bits per heavy atom. The van der Waals surface area contributed by atoms with E-state index in [1.165, 1.54) is 4.57 Å². The summed E-state index contributed by atoms with van der Waals surface area (Å²) in [6.45, 7) is 10.2. The molecule has 0 bridgehead atoms. The fourth-order valence-electron chi connectivity index (χ4n) is 6.42. The second kappa shape index (κ2) is 11.4. The van der Waals surface area contributed by atoms with E-state index in [-0.39, 0.29) is 29.9 Å². The average molecular weight is 577 g/mol. The molecule has 0 unspecified atom stereocenters. The maximum Gasteiger partial charge on any atom is 0.416 e. The van der Waals surface area contributed by atoms with E-state index in [9.17, 15) is 23.1 Å². The van der Waals surface area contributed by atoms with E-state index in [4.69, 9.17) is 9.72 Å². The summed E-state index contributed by atoms with van der Waals surface area (Å²) in [7, 11) is 1.68. The lowest BCUT2D eigenvalue weighted by Crippen LogP contribution is -2.58. The number of anilines is 1. The predicted molar refractivity (Wildman–Crippen MR) is 150 cm³/mol. The first-order valence-corrected chi connectivity index (χ1v) is 14.4. The zero-order chi connectivity index (χ0) is 29.6. The molecule has 2 fully saturated rings. The first-order chi connectivity index (χ1) is 19.4. The molecule has 3 aromatic rings. The fourth-order valence-corrected chi connectivity index (χ4v) is 6.42. The van der Waals surface area contributed by atoms with Crippen molar-refractivity contribution in [1.82, 2.24) is 24.0 Å². The minimum absolute atomic E-state index is 0.0328. The van der Waals surface area contributed by atoms with Crippen LogP contribution in [0.5, 0.6) is 0 Å². The highest BCUT2D eigenvalue weighted by atomic mass is 19.4. The molecule has 2 aliphatic heterocycles. The Morgan fingerprint density at radius 3 is 2.44 bits per heavy atom. The quantitative estimate of drug-likeness (QED) is 0.454. The number of fused-ring (bicyclic) bond motifs is 1. The Bertz CT molecular complexity index is 1440. The van der Waals surface area contributed by atoms with Gasteiger partial charge in [0.2, 0.25) is 0 Å². The predicted octanol–water partition coefficient (Wildman–Crippen LogP) is 4.05. The molecule has 4 heterocycles. The summed E-state index contributed by atoms with van der Waals surface area (Å²) in [5.41, 5.74) is 1.09. The smallest absolute Gasteiger partial charge is 0.390 e. The summed E-state index contributed by atoms with van der Waals surface area (Å²) in [5, 5.41) is 10.3. The molecule has 2 aromatic heterocycles. The van der Waals surface area contributed by atoms with Gasteiger partial charge >= 0.3 is 11.9 Å². The number of aliphatic hydroxyl groups excluding tert-OH is 1. The Hall–Kier alpha value is -2.96. The monoisotopic (exact) mass is 576 g/mol. The lowest BCUT2D eigenvalue weighted by molar-refractivity contribution is -0.137. The molecule has 1 N–H and O–H groups in total. The lowest BCUT2D eigenvalue weighted by Gasteiger charge is -2.48. The topological polar surface area (TPSA) is 88.7 Å². The third-order valence-electron chi connectivity index (χ3n) is 8.72. The number of hydrogen-bond acceptors (Lipinski definition) is 7. The van der Waals surface area contributed by atoms with E-state index in [0.717, 1.165) is 30.5 Å². The van der Waals surface area contributed by atoms with Gasteiger partial charge in [0.15, 0.2) is 5.82 Å². The molecule has 12 heteroatoms. The van der Waals surface area contributed by atoms with Crippen molar-refractivity contribution in [3.05, 3.63) is 51.7 Å². The number of aliphatic hydroxyl groups is 1. The summed E-state index contributed by atoms with van der Waals surface area (Å²) in [5.74, 6) is 1.24. The number of aryl methyl sites for hydroxylation is 2. The van der Waals surface area contributed by atoms with Gasteiger partial charge in [0.1, 0.15) is 23.1 Å². The van der Waals surface area contributed by atoms with E-state index < -0.39 is 17.8 Å². The number of alkyl halides is 3. The van der Waals surface area contributed by atoms with Gasteiger partial charge < -0.3 is 19.3 Å². The van der Waals surface area contributed by atoms with Gasteiger partial charge in [-0.15, -0.1) is 0 Å². The van der Waals surface area contributed by atoms with Crippen molar-refractivity contribution >= 4 is 17.0 Å². The minimum atomic E-state index is -4.37. The van der Waals surface area contributed by atoms with Crippen LogP contribution in [0.4, 0.5) is 19.0 Å². The molecule has 2 saturated heterocycles. The van der Waals surface area contributed by atoms with Crippen LogP contribution in [0, 0.1) is 6.92 Å². The third-order valence-corrected chi connectivity index (χ3v) is 8.72. The number of imidazole rings is 1. The first-order valence-electron chi connectivity index (χ1n) is 14.4. The number of piperazine rings is 1. The number of nitrogens with zero attached hydrogens (tertiary/aromatic N) is 6. The second-order valence-corrected chi connectivity index (χ2v) is 11.3. The van der Waals surface area contributed by atoms with Crippen LogP contribution in [0.2, 0.25) is 0 Å². The maximum absolute atomic E-state index is 13.2. The number of aromatic nitrogens is 4. The molecule has 0 aliphatic carbocycles. The van der Waals surface area contributed by atoms with Crippen LogP contribution in [0.25, 0.3) is 11.2 Å². The highest BCUT2D eigenvalue weighted by Gasteiger charge is 2.38. The van der Waals surface area contributed by atoms with Gasteiger partial charge in [-0.2, -0.15) is 18.2 Å². The normalized spacial score (nSPS) is 24.9. The number of ether oxygens (including phenoxy) is 1. The van der Waals surface area contributed by atoms with Crippen molar-refractivity contribution in [3.8, 4) is 0 Å². The van der Waals surface area contributed by atoms with Gasteiger partial charge in [-0.1, -0.05) is 26.0 Å². The van der Waals surface area contributed by atoms with Crippen LogP contribution >= 0.6 is 0 Å². The summed E-state index contributed by atoms with van der Waals surface area (Å²) in [6.07, 6.45) is -3.17. The molecule has 5 rings (SSSR count). The molecule has 1 aromatic carbocycles. The van der Waals surface area contributed by atoms with E-state index in [1.807, 2.05) is 11.5 Å². The summed E-state index contributed by atoms with van der Waals surface area (Å²) >= 11 is 0. The van der Waals surface area contributed by atoms with Crippen LogP contribution in [-0.4, -0.2) is 73.1 Å². The number of hydrogen-bond donors (Lipinski definition) is 1. The lowest BCUT2D eigenvalue weighted by atomic mass is 9.95. The summed E-state index contributed by atoms with van der Waals surface area (Å²) < 4.78 is 48.7. The van der Waals surface area contributed by atoms with Crippen LogP contribution in [-0.2, 0) is 24.5 Å². The van der Waals surface area contributed by atoms with Gasteiger partial charge in [0, 0.05) is 44.9 Å². The second-order valence-electron chi connectivity index (χ2n) is 11.3. The fraction of sp³-hybridized carbons (Fsp3) is 0.621. The molecular weight excluding hydrogens is 537 g/mol. The standard InChI is InChI=1S/C29H39F3N6O3/c1-6-21-15-36(17(3)14-38(21)22(7-2)19-8-10-20(11-9-19)29(30,31)32)26-25-27(35(5)28(40)34-26)37(18(4)33-25)16-24-23(39)12-13-41-24/h8-11,17,21-24,39H,6-7,12-16H2,1-5H3/t17-,21+,22-,23-,24+/m0/s1. The number of halogens is 3. The zero-order valence-corrected chi connectivity index (χ0v) is 24.2. The SMILES string of the molecule is CC[C@@H]1CN(c2nc(=O)n(C)c3c2nc(C)n3C[C@H]2OCC[C@@H]2O)[C@@H](C)CN1[C@@H](CC)c1ccc(C(F)(F)F)cc1. The van der Waals surface area contributed by atoms with E-state index in [1.54, 1.807) is 19.2 Å². The van der Waals surface area contributed by atoms with E-state index >= 15 is 0 Å². The minimum Gasteiger partial charge on any atom is -0.390 e. The van der Waals surface area contributed by atoms with Crippen LogP contribution < -0.4 is 10.6 Å². The summed E-state index contributed by atoms with van der Waals surface area (Å²) in [6, 6.07) is 5.52. The van der Waals surface area contributed by atoms with Crippen LogP contribution in [0.1, 0.15) is 63.0 Å². The molecule has 5 atom stereocenters. The maximum atomic E-state index is 13.2. The number of rotatable bonds is 7. The van der Waals surface area contributed by atoms with Crippen molar-refractivity contribution in [2.24, 2.45) is 7.05 Å². The largest absolute Gasteiger partial charge is 0.416 e. The third kappa shape index (κ3) is 5.49. The Morgan fingerprint density at radius 1 is 1.15 bits per heavy atom. The molecule has 224 valence electrons. The Kier molecular flexibility index (Phi) is 8.19. The number of benzene rings is 1. The molecule has 41 heavy (non-hydrogen) atoms. The molecular formula is C29H39F3N6O3. The highest BCUT2D eigenvalue weighted by Crippen LogP contribution is 2.36. The van der Waals surface area contributed by atoms with E-state index in [0.29, 0.717) is 55.5 Å². The Labute approximate surface area is 237 Å². The van der Waals surface area contributed by atoms with Gasteiger partial charge in [-0.05, 0) is 50.8 Å². The first kappa shape index (κ1) is 29.5. The van der Waals surface area contributed by atoms with Crippen molar-refractivity contribution in [2.75, 3.05) is 24.6 Å². The van der Waals surface area contributed by atoms with Crippen LogP contribution in [0.3, 0.4) is 0 Å². The van der Waals surface area contributed by atoms with Gasteiger partial charge in [0.25, 0.3) is 0 Å². The Balaban J connectivity index is 1.47. The van der Waals surface area contributed by atoms with E-state index in [2.05, 4.69) is 35.6 Å². The van der Waals surface area contributed by atoms with Gasteiger partial charge in [-0.25, -0.2) is 9.78 Å².